The number of halogens is 4. The topological polar surface area (TPSA) is 77.8 Å². The molecule has 5 nitrogen and oxygen atoms in total. The van der Waals surface area contributed by atoms with Gasteiger partial charge in [-0.3, -0.25) is 14.9 Å². The monoisotopic (exact) mass is 397 g/mol. The molecule has 0 fully saturated rings. The van der Waals surface area contributed by atoms with E-state index in [4.69, 9.17) is 0 Å². The van der Waals surface area contributed by atoms with Crippen molar-refractivity contribution in [1.82, 2.24) is 15.3 Å². The van der Waals surface area contributed by atoms with Gasteiger partial charge < -0.3 is 9.97 Å². The number of carbonyl (C=O) groups excluding carboxylic acids is 2. The summed E-state index contributed by atoms with van der Waals surface area (Å²) in [5.41, 5.74) is 0.940. The van der Waals surface area contributed by atoms with Crippen molar-refractivity contribution in [3.8, 4) is 0 Å². The molecule has 0 atom stereocenters. The molecule has 0 unspecified atom stereocenters. The number of hydrogen-bond donors (Lipinski definition) is 3. The smallest absolute Gasteiger partial charge is 0.259 e. The van der Waals surface area contributed by atoms with Gasteiger partial charge in [-0.15, -0.1) is 0 Å². The molecule has 3 heterocycles. The van der Waals surface area contributed by atoms with Crippen LogP contribution in [0.25, 0.3) is 43.6 Å². The Kier molecular flexibility index (Phi) is 2.74. The minimum absolute atomic E-state index is 0.0274. The van der Waals surface area contributed by atoms with Gasteiger partial charge in [0.25, 0.3) is 11.8 Å². The van der Waals surface area contributed by atoms with Crippen LogP contribution in [0.2, 0.25) is 0 Å². The summed E-state index contributed by atoms with van der Waals surface area (Å²) in [5.74, 6) is -5.81. The van der Waals surface area contributed by atoms with Crippen LogP contribution < -0.4 is 5.32 Å². The molecule has 2 aromatic heterocycles. The van der Waals surface area contributed by atoms with Gasteiger partial charge in [-0.05, 0) is 12.1 Å². The Balaban J connectivity index is 1.97. The van der Waals surface area contributed by atoms with Crippen LogP contribution in [-0.4, -0.2) is 21.8 Å². The van der Waals surface area contributed by atoms with Crippen molar-refractivity contribution in [2.75, 3.05) is 0 Å². The molecule has 1 aliphatic rings. The number of fused-ring (bicyclic) bond motifs is 10. The van der Waals surface area contributed by atoms with E-state index in [-0.39, 0.29) is 43.7 Å². The van der Waals surface area contributed by atoms with E-state index in [1.807, 2.05) is 0 Å². The molecule has 0 aliphatic carbocycles. The largest absolute Gasteiger partial charge is 0.353 e. The normalized spacial score (nSPS) is 13.9. The van der Waals surface area contributed by atoms with Crippen molar-refractivity contribution in [2.24, 2.45) is 0 Å². The number of rotatable bonds is 0. The third kappa shape index (κ3) is 1.84. The van der Waals surface area contributed by atoms with Crippen LogP contribution in [0, 0.1) is 23.3 Å². The van der Waals surface area contributed by atoms with Gasteiger partial charge in [0.05, 0.1) is 22.2 Å². The number of benzene rings is 3. The fourth-order valence-corrected chi connectivity index (χ4v) is 4.20. The van der Waals surface area contributed by atoms with E-state index in [9.17, 15) is 27.2 Å². The summed E-state index contributed by atoms with van der Waals surface area (Å²) in [5, 5.41) is 3.04. The Morgan fingerprint density at radius 1 is 0.586 bits per heavy atom. The molecular weight excluding hydrogens is 390 g/mol. The second-order valence-corrected chi connectivity index (χ2v) is 6.91. The number of nitrogens with one attached hydrogen (secondary N) is 3. The second kappa shape index (κ2) is 4.93. The molecule has 3 N–H and O–H groups in total. The number of hydrogen-bond acceptors (Lipinski definition) is 2. The summed E-state index contributed by atoms with van der Waals surface area (Å²) in [6.07, 6.45) is 0. The Morgan fingerprint density at radius 2 is 0.966 bits per heavy atom. The molecule has 0 saturated heterocycles. The standard InChI is InChI=1S/C20H7F4N3O2/c21-7-1-5-11(3-9(7)23)25-17-13(5)15-16(20(29)27-19(15)28)14-6-2-8(22)10(24)4-12(6)26-18(14)17/h1-4,25-26H,(H,27,28,29). The van der Waals surface area contributed by atoms with Crippen molar-refractivity contribution in [1.29, 1.82) is 0 Å². The van der Waals surface area contributed by atoms with Crippen molar-refractivity contribution in [3.63, 3.8) is 0 Å². The SMILES string of the molecule is O=C1NC(=O)c2c1c1c3cc(F)c(F)cc3[nH]c1c1[nH]c3cc(F)c(F)cc3c21. The van der Waals surface area contributed by atoms with Gasteiger partial charge in [0, 0.05) is 44.7 Å². The Morgan fingerprint density at radius 3 is 1.38 bits per heavy atom. The second-order valence-electron chi connectivity index (χ2n) is 6.91. The van der Waals surface area contributed by atoms with Gasteiger partial charge in [0.1, 0.15) is 0 Å². The van der Waals surface area contributed by atoms with E-state index in [2.05, 4.69) is 15.3 Å². The molecule has 2 amide bonds. The molecule has 9 heteroatoms. The van der Waals surface area contributed by atoms with Crippen molar-refractivity contribution >= 4 is 55.4 Å². The van der Waals surface area contributed by atoms with Crippen LogP contribution in [0.3, 0.4) is 0 Å². The molecule has 0 saturated carbocycles. The molecule has 29 heavy (non-hydrogen) atoms. The lowest BCUT2D eigenvalue weighted by Crippen LogP contribution is -2.20. The van der Waals surface area contributed by atoms with Gasteiger partial charge in [0.2, 0.25) is 0 Å². The zero-order chi connectivity index (χ0) is 20.2. The molecule has 6 rings (SSSR count). The molecule has 3 aromatic carbocycles. The van der Waals surface area contributed by atoms with Gasteiger partial charge >= 0.3 is 0 Å². The van der Waals surface area contributed by atoms with Crippen LogP contribution in [0.1, 0.15) is 20.7 Å². The minimum Gasteiger partial charge on any atom is -0.353 e. The maximum Gasteiger partial charge on any atom is 0.259 e. The van der Waals surface area contributed by atoms with E-state index < -0.39 is 35.1 Å². The van der Waals surface area contributed by atoms with E-state index in [1.54, 1.807) is 0 Å². The van der Waals surface area contributed by atoms with Crippen molar-refractivity contribution < 1.29 is 27.2 Å². The van der Waals surface area contributed by atoms with Gasteiger partial charge in [-0.25, -0.2) is 17.6 Å². The summed E-state index contributed by atoms with van der Waals surface area (Å²) < 4.78 is 55.3. The summed E-state index contributed by atoms with van der Waals surface area (Å²) in [6, 6.07) is 3.76. The van der Waals surface area contributed by atoms with Crippen LogP contribution >= 0.6 is 0 Å². The van der Waals surface area contributed by atoms with E-state index in [0.717, 1.165) is 24.3 Å². The summed E-state index contributed by atoms with van der Waals surface area (Å²) in [4.78, 5) is 31.0. The zero-order valence-corrected chi connectivity index (χ0v) is 14.1. The lowest BCUT2D eigenvalue weighted by molar-refractivity contribution is 0.0880. The highest BCUT2D eigenvalue weighted by atomic mass is 19.2. The first kappa shape index (κ1) is 16.1. The van der Waals surface area contributed by atoms with Crippen molar-refractivity contribution in [3.05, 3.63) is 58.7 Å². The number of aromatic amines is 2. The number of amides is 2. The Hall–Kier alpha value is -3.88. The molecule has 5 aromatic rings. The summed E-state index contributed by atoms with van der Waals surface area (Å²) in [6.45, 7) is 0. The van der Waals surface area contributed by atoms with E-state index >= 15 is 0 Å². The van der Waals surface area contributed by atoms with Crippen LogP contribution in [-0.2, 0) is 0 Å². The van der Waals surface area contributed by atoms with Crippen LogP contribution in [0.15, 0.2) is 24.3 Å². The van der Waals surface area contributed by atoms with Crippen LogP contribution in [0.4, 0.5) is 17.6 Å². The molecule has 0 radical (unpaired) electrons. The highest BCUT2D eigenvalue weighted by Gasteiger charge is 2.35. The number of carbonyl (C=O) groups is 2. The predicted molar refractivity (Wildman–Crippen MR) is 96.8 cm³/mol. The average Bonchev–Trinajstić information content (AvgIpc) is 3.28. The number of imide groups is 1. The lowest BCUT2D eigenvalue weighted by atomic mass is 9.96. The third-order valence-electron chi connectivity index (χ3n) is 5.36. The number of H-pyrrole nitrogens is 2. The molecule has 1 aliphatic heterocycles. The molecule has 0 spiro atoms. The molecule has 0 bridgehead atoms. The van der Waals surface area contributed by atoms with Crippen molar-refractivity contribution in [2.45, 2.75) is 0 Å². The number of aromatic nitrogens is 2. The Labute approximate surface area is 157 Å². The third-order valence-corrected chi connectivity index (χ3v) is 5.36. The van der Waals surface area contributed by atoms with Gasteiger partial charge in [0.15, 0.2) is 23.3 Å². The maximum atomic E-state index is 13.9. The average molecular weight is 397 g/mol. The quantitative estimate of drug-likeness (QED) is 0.268. The van der Waals surface area contributed by atoms with E-state index in [1.165, 1.54) is 0 Å². The molecule has 142 valence electrons. The van der Waals surface area contributed by atoms with Gasteiger partial charge in [-0.1, -0.05) is 0 Å². The molecular formula is C20H7F4N3O2. The first-order valence-corrected chi connectivity index (χ1v) is 8.47. The highest BCUT2D eigenvalue weighted by molar-refractivity contribution is 6.39. The fourth-order valence-electron chi connectivity index (χ4n) is 4.20. The summed E-state index contributed by atoms with van der Waals surface area (Å²) in [7, 11) is 0. The fraction of sp³-hybridized carbons (Fsp3) is 0. The first-order valence-electron chi connectivity index (χ1n) is 8.47. The minimum atomic E-state index is -1.11. The van der Waals surface area contributed by atoms with E-state index in [0.29, 0.717) is 11.0 Å². The maximum absolute atomic E-state index is 13.9. The lowest BCUT2D eigenvalue weighted by Gasteiger charge is -2.03. The zero-order valence-electron chi connectivity index (χ0n) is 14.1. The predicted octanol–water partition coefficient (Wildman–Crippen LogP) is 4.40. The summed E-state index contributed by atoms with van der Waals surface area (Å²) >= 11 is 0. The van der Waals surface area contributed by atoms with Crippen LogP contribution in [0.5, 0.6) is 0 Å². The van der Waals surface area contributed by atoms with Gasteiger partial charge in [-0.2, -0.15) is 0 Å². The Bertz CT molecular complexity index is 1490. The highest BCUT2D eigenvalue weighted by Crippen LogP contribution is 2.42. The first-order chi connectivity index (χ1) is 13.8.